The molecule has 0 amide bonds. The number of hydrogen-bond donors (Lipinski definition) is 0. The Kier molecular flexibility index (Phi) is 7.87. The third kappa shape index (κ3) is 6.72. The van der Waals surface area contributed by atoms with Crippen LogP contribution in [0.5, 0.6) is 0 Å². The Morgan fingerprint density at radius 3 is 2.22 bits per heavy atom. The fourth-order valence-electron chi connectivity index (χ4n) is 2.55. The van der Waals surface area contributed by atoms with Crippen LogP contribution in [0.3, 0.4) is 0 Å². The van der Waals surface area contributed by atoms with Gasteiger partial charge in [0.15, 0.2) is 0 Å². The molecule has 0 aromatic rings. The summed E-state index contributed by atoms with van der Waals surface area (Å²) in [5, 5.41) is 0. The summed E-state index contributed by atoms with van der Waals surface area (Å²) in [6.45, 7) is 11.9. The minimum Gasteiger partial charge on any atom is -0.379 e. The zero-order valence-corrected chi connectivity index (χ0v) is 12.5. The zero-order chi connectivity index (χ0) is 13.4. The highest BCUT2D eigenvalue weighted by Gasteiger charge is 2.25. The van der Waals surface area contributed by atoms with E-state index in [9.17, 15) is 0 Å². The van der Waals surface area contributed by atoms with Gasteiger partial charge in [-0.25, -0.2) is 0 Å². The molecule has 1 rings (SSSR count). The molecule has 0 aromatic heterocycles. The summed E-state index contributed by atoms with van der Waals surface area (Å²) in [6, 6.07) is 0. The van der Waals surface area contributed by atoms with Crippen LogP contribution in [-0.2, 0) is 14.2 Å². The second kappa shape index (κ2) is 8.89. The monoisotopic (exact) mass is 258 g/mol. The van der Waals surface area contributed by atoms with Gasteiger partial charge in [0.1, 0.15) is 0 Å². The van der Waals surface area contributed by atoms with Gasteiger partial charge in [-0.2, -0.15) is 0 Å². The molecule has 1 aliphatic rings. The topological polar surface area (TPSA) is 27.7 Å². The first-order chi connectivity index (χ1) is 8.61. The van der Waals surface area contributed by atoms with Gasteiger partial charge in [0.2, 0.25) is 0 Å². The SMILES string of the molecule is CCOCC1CCC(COCC(C)CC(C)C)O1. The molecule has 3 nitrogen and oxygen atoms in total. The highest BCUT2D eigenvalue weighted by molar-refractivity contribution is 4.73. The van der Waals surface area contributed by atoms with E-state index in [4.69, 9.17) is 14.2 Å². The molecule has 3 atom stereocenters. The van der Waals surface area contributed by atoms with Crippen LogP contribution in [-0.4, -0.2) is 38.6 Å². The molecule has 0 N–H and O–H groups in total. The molecule has 0 saturated carbocycles. The van der Waals surface area contributed by atoms with Gasteiger partial charge in [-0.05, 0) is 38.0 Å². The maximum absolute atomic E-state index is 5.88. The maximum atomic E-state index is 5.88. The molecule has 1 fully saturated rings. The first-order valence-corrected chi connectivity index (χ1v) is 7.42. The Morgan fingerprint density at radius 2 is 1.67 bits per heavy atom. The van der Waals surface area contributed by atoms with Gasteiger partial charge in [-0.15, -0.1) is 0 Å². The summed E-state index contributed by atoms with van der Waals surface area (Å²) in [7, 11) is 0. The molecular weight excluding hydrogens is 228 g/mol. The van der Waals surface area contributed by atoms with Gasteiger partial charge in [0.25, 0.3) is 0 Å². The molecule has 3 unspecified atom stereocenters. The number of hydrogen-bond acceptors (Lipinski definition) is 3. The van der Waals surface area contributed by atoms with Crippen molar-refractivity contribution < 1.29 is 14.2 Å². The molecule has 1 aliphatic heterocycles. The largest absolute Gasteiger partial charge is 0.379 e. The van der Waals surface area contributed by atoms with E-state index in [2.05, 4.69) is 20.8 Å². The van der Waals surface area contributed by atoms with E-state index >= 15 is 0 Å². The van der Waals surface area contributed by atoms with Crippen molar-refractivity contribution >= 4 is 0 Å². The van der Waals surface area contributed by atoms with E-state index < -0.39 is 0 Å². The van der Waals surface area contributed by atoms with Crippen molar-refractivity contribution in [3.8, 4) is 0 Å². The summed E-state index contributed by atoms with van der Waals surface area (Å²) >= 11 is 0. The smallest absolute Gasteiger partial charge is 0.0814 e. The molecular formula is C15H30O3. The van der Waals surface area contributed by atoms with Gasteiger partial charge in [0, 0.05) is 13.2 Å². The van der Waals surface area contributed by atoms with Crippen LogP contribution in [0.2, 0.25) is 0 Å². The third-order valence-corrected chi connectivity index (χ3v) is 3.28. The average Bonchev–Trinajstić information content (AvgIpc) is 2.73. The van der Waals surface area contributed by atoms with Crippen molar-refractivity contribution in [1.29, 1.82) is 0 Å². The fourth-order valence-corrected chi connectivity index (χ4v) is 2.55. The lowest BCUT2D eigenvalue weighted by Crippen LogP contribution is -2.21. The molecule has 0 radical (unpaired) electrons. The normalized spacial score (nSPS) is 25.8. The minimum atomic E-state index is 0.279. The fraction of sp³-hybridized carbons (Fsp3) is 1.00. The molecule has 0 aromatic carbocycles. The van der Waals surface area contributed by atoms with Crippen molar-refractivity contribution in [2.45, 2.75) is 59.2 Å². The van der Waals surface area contributed by atoms with Gasteiger partial charge in [-0.1, -0.05) is 20.8 Å². The van der Waals surface area contributed by atoms with Crippen molar-refractivity contribution in [2.24, 2.45) is 11.8 Å². The molecule has 0 aliphatic carbocycles. The maximum Gasteiger partial charge on any atom is 0.0814 e. The number of ether oxygens (including phenoxy) is 3. The van der Waals surface area contributed by atoms with E-state index in [1.54, 1.807) is 0 Å². The summed E-state index contributed by atoms with van der Waals surface area (Å²) in [6.07, 6.45) is 4.01. The van der Waals surface area contributed by atoms with Crippen molar-refractivity contribution in [2.75, 3.05) is 26.4 Å². The Balaban J connectivity index is 2.03. The Hall–Kier alpha value is -0.120. The minimum absolute atomic E-state index is 0.279. The van der Waals surface area contributed by atoms with Crippen LogP contribution in [0.15, 0.2) is 0 Å². The van der Waals surface area contributed by atoms with E-state index in [0.717, 1.165) is 45.2 Å². The Bertz CT molecular complexity index is 206. The van der Waals surface area contributed by atoms with Gasteiger partial charge >= 0.3 is 0 Å². The summed E-state index contributed by atoms with van der Waals surface area (Å²) in [4.78, 5) is 0. The van der Waals surface area contributed by atoms with E-state index in [0.29, 0.717) is 5.92 Å². The lowest BCUT2D eigenvalue weighted by molar-refractivity contribution is -0.0481. The van der Waals surface area contributed by atoms with Crippen LogP contribution in [0.1, 0.15) is 47.0 Å². The van der Waals surface area contributed by atoms with Crippen molar-refractivity contribution in [1.82, 2.24) is 0 Å². The predicted octanol–water partition coefficient (Wildman–Crippen LogP) is 3.27. The van der Waals surface area contributed by atoms with Gasteiger partial charge in [-0.3, -0.25) is 0 Å². The average molecular weight is 258 g/mol. The second-order valence-electron chi connectivity index (χ2n) is 5.89. The standard InChI is InChI=1S/C15H30O3/c1-5-16-10-14-6-7-15(18-14)11-17-9-13(4)8-12(2)3/h12-15H,5-11H2,1-4H3. The summed E-state index contributed by atoms with van der Waals surface area (Å²) < 4.78 is 17.0. The van der Waals surface area contributed by atoms with E-state index in [1.807, 2.05) is 6.92 Å². The van der Waals surface area contributed by atoms with Crippen LogP contribution >= 0.6 is 0 Å². The molecule has 3 heteroatoms. The van der Waals surface area contributed by atoms with Crippen LogP contribution < -0.4 is 0 Å². The molecule has 1 saturated heterocycles. The number of rotatable bonds is 9. The Morgan fingerprint density at radius 1 is 1.06 bits per heavy atom. The Labute approximate surface area is 112 Å². The van der Waals surface area contributed by atoms with Crippen molar-refractivity contribution in [3.05, 3.63) is 0 Å². The first-order valence-electron chi connectivity index (χ1n) is 7.42. The quantitative estimate of drug-likeness (QED) is 0.635. The second-order valence-corrected chi connectivity index (χ2v) is 5.89. The molecule has 0 spiro atoms. The lowest BCUT2D eigenvalue weighted by Gasteiger charge is -2.17. The zero-order valence-electron chi connectivity index (χ0n) is 12.5. The van der Waals surface area contributed by atoms with Gasteiger partial charge in [0.05, 0.1) is 25.4 Å². The highest BCUT2D eigenvalue weighted by atomic mass is 16.6. The first kappa shape index (κ1) is 15.9. The van der Waals surface area contributed by atoms with Crippen LogP contribution in [0.4, 0.5) is 0 Å². The molecule has 108 valence electrons. The molecule has 0 bridgehead atoms. The van der Waals surface area contributed by atoms with Crippen molar-refractivity contribution in [3.63, 3.8) is 0 Å². The molecule has 18 heavy (non-hydrogen) atoms. The predicted molar refractivity (Wildman–Crippen MR) is 73.8 cm³/mol. The van der Waals surface area contributed by atoms with E-state index in [1.165, 1.54) is 6.42 Å². The van der Waals surface area contributed by atoms with Crippen LogP contribution in [0, 0.1) is 11.8 Å². The molecule has 1 heterocycles. The third-order valence-electron chi connectivity index (χ3n) is 3.28. The summed E-state index contributed by atoms with van der Waals surface area (Å²) in [5.41, 5.74) is 0. The lowest BCUT2D eigenvalue weighted by atomic mass is 10.00. The van der Waals surface area contributed by atoms with Crippen LogP contribution in [0.25, 0.3) is 0 Å². The highest BCUT2D eigenvalue weighted by Crippen LogP contribution is 2.20. The summed E-state index contributed by atoms with van der Waals surface area (Å²) in [5.74, 6) is 1.40. The van der Waals surface area contributed by atoms with E-state index in [-0.39, 0.29) is 12.2 Å². The van der Waals surface area contributed by atoms with Gasteiger partial charge < -0.3 is 14.2 Å².